The Morgan fingerprint density at radius 2 is 1.83 bits per heavy atom. The van der Waals surface area contributed by atoms with Gasteiger partial charge in [-0.2, -0.15) is 0 Å². The predicted octanol–water partition coefficient (Wildman–Crippen LogP) is 3.91. The third kappa shape index (κ3) is 4.88. The molecule has 5 nitrogen and oxygen atoms in total. The largest absolute Gasteiger partial charge is 0.493 e. The zero-order valence-electron chi connectivity index (χ0n) is 16.2. The molecule has 1 fully saturated rings. The third-order valence-electron chi connectivity index (χ3n) is 5.63. The molecule has 1 atom stereocenters. The fourth-order valence-corrected chi connectivity index (χ4v) is 4.16. The second-order valence-corrected chi connectivity index (χ2v) is 8.80. The first-order valence-corrected chi connectivity index (χ1v) is 11.0. The Kier molecular flexibility index (Phi) is 6.34. The third-order valence-corrected chi connectivity index (χ3v) is 6.35. The zero-order chi connectivity index (χ0) is 20.3. The van der Waals surface area contributed by atoms with E-state index in [9.17, 15) is 10.2 Å². The zero-order valence-corrected chi connectivity index (χ0v) is 18.3. The molecule has 1 aromatic heterocycles. The molecule has 1 saturated heterocycles. The number of aromatic nitrogens is 1. The smallest absolute Gasteiger partial charge is 0.119 e. The molecule has 2 heterocycles. The van der Waals surface area contributed by atoms with Gasteiger partial charge in [-0.1, -0.05) is 18.2 Å². The van der Waals surface area contributed by atoms with Gasteiger partial charge in [-0.05, 0) is 71.8 Å². The lowest BCUT2D eigenvalue weighted by Gasteiger charge is -2.40. The van der Waals surface area contributed by atoms with Crippen LogP contribution in [0.25, 0.3) is 10.9 Å². The summed E-state index contributed by atoms with van der Waals surface area (Å²) in [4.78, 5) is 6.50. The highest BCUT2D eigenvalue weighted by atomic mass is 127. The molecular weight excluding hydrogens is 479 g/mol. The summed E-state index contributed by atoms with van der Waals surface area (Å²) in [7, 11) is 0. The van der Waals surface area contributed by atoms with E-state index < -0.39 is 11.8 Å². The van der Waals surface area contributed by atoms with E-state index in [4.69, 9.17) is 4.74 Å². The van der Waals surface area contributed by atoms with Crippen LogP contribution < -0.4 is 4.74 Å². The number of aliphatic hydroxyl groups excluding tert-OH is 1. The van der Waals surface area contributed by atoms with Crippen molar-refractivity contribution < 1.29 is 14.9 Å². The van der Waals surface area contributed by atoms with Gasteiger partial charge >= 0.3 is 0 Å². The normalized spacial score (nSPS) is 17.9. The maximum absolute atomic E-state index is 11.2. The summed E-state index contributed by atoms with van der Waals surface area (Å²) in [6.07, 6.45) is 2.88. The van der Waals surface area contributed by atoms with Crippen molar-refractivity contribution in [2.75, 3.05) is 19.7 Å². The molecule has 0 bridgehead atoms. The molecule has 0 amide bonds. The number of likely N-dealkylation sites (tertiary alicyclic amines) is 1. The highest BCUT2D eigenvalue weighted by Crippen LogP contribution is 2.34. The van der Waals surface area contributed by atoms with Crippen LogP contribution in [0.5, 0.6) is 5.75 Å². The summed E-state index contributed by atoms with van der Waals surface area (Å²) in [5, 5.41) is 22.7. The molecule has 1 aliphatic rings. The fourth-order valence-electron chi connectivity index (χ4n) is 3.80. The van der Waals surface area contributed by atoms with E-state index in [1.807, 2.05) is 59.5 Å². The predicted molar refractivity (Wildman–Crippen MR) is 122 cm³/mol. The van der Waals surface area contributed by atoms with Gasteiger partial charge in [-0.3, -0.25) is 9.88 Å². The number of pyridine rings is 1. The van der Waals surface area contributed by atoms with Crippen molar-refractivity contribution in [1.82, 2.24) is 9.88 Å². The van der Waals surface area contributed by atoms with Gasteiger partial charge in [0.25, 0.3) is 0 Å². The maximum Gasteiger partial charge on any atom is 0.119 e. The number of hydrogen-bond acceptors (Lipinski definition) is 5. The monoisotopic (exact) mass is 504 g/mol. The Morgan fingerprint density at radius 3 is 2.59 bits per heavy atom. The Bertz CT molecular complexity index is 956. The molecule has 0 radical (unpaired) electrons. The van der Waals surface area contributed by atoms with Crippen LogP contribution in [0.2, 0.25) is 0 Å². The molecule has 4 rings (SSSR count). The SMILES string of the molecule is OC(CCOc1ccc(I)cc1)N1CCC(O)(c2cnc3ccccc3c2)CC1. The van der Waals surface area contributed by atoms with Crippen molar-refractivity contribution in [3.8, 4) is 5.75 Å². The van der Waals surface area contributed by atoms with Crippen molar-refractivity contribution in [2.24, 2.45) is 0 Å². The van der Waals surface area contributed by atoms with Gasteiger partial charge in [0.1, 0.15) is 12.0 Å². The van der Waals surface area contributed by atoms with Gasteiger partial charge in [0.15, 0.2) is 0 Å². The van der Waals surface area contributed by atoms with E-state index in [-0.39, 0.29) is 0 Å². The number of benzene rings is 2. The quantitative estimate of drug-likeness (QED) is 0.499. The summed E-state index contributed by atoms with van der Waals surface area (Å²) in [5.74, 6) is 0.814. The molecule has 2 N–H and O–H groups in total. The lowest BCUT2D eigenvalue weighted by Crippen LogP contribution is -2.47. The number of para-hydroxylation sites is 1. The van der Waals surface area contributed by atoms with Crippen LogP contribution in [-0.4, -0.2) is 46.0 Å². The first kappa shape index (κ1) is 20.5. The number of hydrogen-bond donors (Lipinski definition) is 2. The Balaban J connectivity index is 1.31. The van der Waals surface area contributed by atoms with E-state index in [1.54, 1.807) is 6.20 Å². The molecule has 152 valence electrons. The van der Waals surface area contributed by atoms with Crippen molar-refractivity contribution in [3.63, 3.8) is 0 Å². The lowest BCUT2D eigenvalue weighted by atomic mass is 9.84. The average molecular weight is 504 g/mol. The molecule has 0 saturated carbocycles. The van der Waals surface area contributed by atoms with Crippen LogP contribution in [-0.2, 0) is 5.60 Å². The molecule has 1 unspecified atom stereocenters. The van der Waals surface area contributed by atoms with Crippen LogP contribution in [0.4, 0.5) is 0 Å². The topological polar surface area (TPSA) is 65.8 Å². The number of nitrogens with zero attached hydrogens (tertiary/aromatic N) is 2. The second kappa shape index (κ2) is 8.95. The van der Waals surface area contributed by atoms with Gasteiger partial charge in [0.2, 0.25) is 0 Å². The van der Waals surface area contributed by atoms with Crippen molar-refractivity contribution >= 4 is 33.5 Å². The summed E-state index contributed by atoms with van der Waals surface area (Å²) in [6, 6.07) is 17.8. The van der Waals surface area contributed by atoms with E-state index in [0.29, 0.717) is 39.0 Å². The van der Waals surface area contributed by atoms with Crippen LogP contribution >= 0.6 is 22.6 Å². The molecule has 2 aromatic carbocycles. The van der Waals surface area contributed by atoms with Crippen LogP contribution in [0.15, 0.2) is 60.8 Å². The highest BCUT2D eigenvalue weighted by molar-refractivity contribution is 14.1. The first-order valence-electron chi connectivity index (χ1n) is 9.92. The second-order valence-electron chi connectivity index (χ2n) is 7.56. The van der Waals surface area contributed by atoms with Gasteiger partial charge in [0.05, 0.1) is 17.7 Å². The molecule has 1 aliphatic heterocycles. The number of aliphatic hydroxyl groups is 2. The molecule has 3 aromatic rings. The molecule has 6 heteroatoms. The Labute approximate surface area is 184 Å². The number of fused-ring (bicyclic) bond motifs is 1. The average Bonchev–Trinajstić information content (AvgIpc) is 2.75. The van der Waals surface area contributed by atoms with Crippen molar-refractivity contribution in [3.05, 3.63) is 69.9 Å². The minimum atomic E-state index is -0.898. The van der Waals surface area contributed by atoms with Crippen LogP contribution in [0.3, 0.4) is 0 Å². The molecule has 29 heavy (non-hydrogen) atoms. The highest BCUT2D eigenvalue weighted by Gasteiger charge is 2.36. The van der Waals surface area contributed by atoms with Gasteiger partial charge < -0.3 is 14.9 Å². The summed E-state index contributed by atoms with van der Waals surface area (Å²) >= 11 is 2.26. The van der Waals surface area contributed by atoms with E-state index in [0.717, 1.165) is 25.8 Å². The molecule has 0 spiro atoms. The maximum atomic E-state index is 11.2. The van der Waals surface area contributed by atoms with Crippen molar-refractivity contribution in [2.45, 2.75) is 31.1 Å². The number of halogens is 1. The first-order chi connectivity index (χ1) is 14.0. The lowest BCUT2D eigenvalue weighted by molar-refractivity contribution is -0.0819. The van der Waals surface area contributed by atoms with Crippen LogP contribution in [0.1, 0.15) is 24.8 Å². The molecule has 0 aliphatic carbocycles. The van der Waals surface area contributed by atoms with E-state index in [2.05, 4.69) is 27.6 Å². The number of piperidine rings is 1. The molecular formula is C23H25IN2O3. The number of ether oxygens (including phenoxy) is 1. The summed E-state index contributed by atoms with van der Waals surface area (Å²) in [5.41, 5.74) is 0.888. The minimum absolute atomic E-state index is 0.455. The fraction of sp³-hybridized carbons (Fsp3) is 0.348. The Morgan fingerprint density at radius 1 is 1.10 bits per heavy atom. The van der Waals surface area contributed by atoms with E-state index >= 15 is 0 Å². The number of rotatable bonds is 6. The Hall–Kier alpha value is -1.74. The summed E-state index contributed by atoms with van der Waals surface area (Å²) in [6.45, 7) is 1.72. The van der Waals surface area contributed by atoms with Gasteiger partial charge in [-0.15, -0.1) is 0 Å². The summed E-state index contributed by atoms with van der Waals surface area (Å²) < 4.78 is 6.89. The van der Waals surface area contributed by atoms with Gasteiger partial charge in [-0.25, -0.2) is 0 Å². The minimum Gasteiger partial charge on any atom is -0.493 e. The van der Waals surface area contributed by atoms with Crippen LogP contribution in [0, 0.1) is 3.57 Å². The standard InChI is InChI=1S/C23H25IN2O3/c24-19-5-7-20(8-6-19)29-14-9-22(27)26-12-10-23(28,11-13-26)18-15-17-3-1-2-4-21(17)25-16-18/h1-8,15-16,22,27-28H,9-14H2. The van der Waals surface area contributed by atoms with Crippen molar-refractivity contribution in [1.29, 1.82) is 0 Å². The van der Waals surface area contributed by atoms with E-state index in [1.165, 1.54) is 0 Å². The van der Waals surface area contributed by atoms with Gasteiger partial charge in [0, 0.05) is 40.2 Å².